The lowest BCUT2D eigenvalue weighted by Gasteiger charge is -2.05. The number of nitro groups is 1. The van der Waals surface area contributed by atoms with E-state index in [-0.39, 0.29) is 5.69 Å². The summed E-state index contributed by atoms with van der Waals surface area (Å²) in [5.41, 5.74) is 2.47. The van der Waals surface area contributed by atoms with Gasteiger partial charge in [0.1, 0.15) is 11.2 Å². The maximum absolute atomic E-state index is 11.2. The molecule has 1 N–H and O–H groups in total. The summed E-state index contributed by atoms with van der Waals surface area (Å²) in [6, 6.07) is 12.3. The lowest BCUT2D eigenvalue weighted by atomic mass is 10.1. The van der Waals surface area contributed by atoms with Crippen molar-refractivity contribution in [2.75, 3.05) is 11.9 Å². The van der Waals surface area contributed by atoms with Crippen molar-refractivity contribution < 1.29 is 9.34 Å². The van der Waals surface area contributed by atoms with E-state index < -0.39 is 4.92 Å². The molecule has 3 rings (SSSR count). The predicted molar refractivity (Wildman–Crippen MR) is 80.3 cm³/mol. The van der Waals surface area contributed by atoms with Crippen LogP contribution in [0.3, 0.4) is 0 Å². The first kappa shape index (κ1) is 13.1. The van der Waals surface area contributed by atoms with Crippen molar-refractivity contribution in [1.29, 1.82) is 0 Å². The van der Waals surface area contributed by atoms with Gasteiger partial charge in [0.2, 0.25) is 5.89 Å². The fourth-order valence-electron chi connectivity index (χ4n) is 2.15. The summed E-state index contributed by atoms with van der Waals surface area (Å²) in [4.78, 5) is 15.1. The molecule has 0 aliphatic heterocycles. The highest BCUT2D eigenvalue weighted by Crippen LogP contribution is 2.31. The molecule has 0 saturated heterocycles. The third-order valence-electron chi connectivity index (χ3n) is 3.10. The summed E-state index contributed by atoms with van der Waals surface area (Å²) in [7, 11) is 0. The zero-order valence-electron chi connectivity index (χ0n) is 11.4. The highest BCUT2D eigenvalue weighted by molar-refractivity contribution is 5.77. The fraction of sp³-hybridized carbons (Fsp3) is 0.133. The third kappa shape index (κ3) is 2.43. The van der Waals surface area contributed by atoms with Crippen molar-refractivity contribution in [3.8, 4) is 11.5 Å². The van der Waals surface area contributed by atoms with Crippen molar-refractivity contribution in [2.45, 2.75) is 6.92 Å². The molecular weight excluding hydrogens is 270 g/mol. The van der Waals surface area contributed by atoms with Gasteiger partial charge in [-0.3, -0.25) is 10.1 Å². The van der Waals surface area contributed by atoms with Gasteiger partial charge in [0.25, 0.3) is 5.69 Å². The molecule has 3 aromatic rings. The van der Waals surface area contributed by atoms with Gasteiger partial charge >= 0.3 is 0 Å². The average Bonchev–Trinajstić information content (AvgIpc) is 2.91. The van der Waals surface area contributed by atoms with E-state index >= 15 is 0 Å². The maximum Gasteiger partial charge on any atom is 0.293 e. The van der Waals surface area contributed by atoms with Crippen LogP contribution in [-0.2, 0) is 0 Å². The number of para-hydroxylation sites is 2. The fourth-order valence-corrected chi connectivity index (χ4v) is 2.15. The Morgan fingerprint density at radius 2 is 2.10 bits per heavy atom. The molecule has 2 aromatic carbocycles. The number of hydrogen-bond donors (Lipinski definition) is 1. The number of nitrogens with zero attached hydrogens (tertiary/aromatic N) is 2. The molecule has 0 fully saturated rings. The molecule has 0 unspecified atom stereocenters. The van der Waals surface area contributed by atoms with E-state index in [1.807, 2.05) is 31.2 Å². The van der Waals surface area contributed by atoms with Crippen LogP contribution in [0.4, 0.5) is 11.4 Å². The molecular formula is C15H13N3O3. The van der Waals surface area contributed by atoms with E-state index in [1.54, 1.807) is 12.1 Å². The van der Waals surface area contributed by atoms with E-state index in [0.717, 1.165) is 5.52 Å². The Morgan fingerprint density at radius 1 is 1.29 bits per heavy atom. The topological polar surface area (TPSA) is 81.2 Å². The highest BCUT2D eigenvalue weighted by Gasteiger charge is 2.17. The van der Waals surface area contributed by atoms with Crippen molar-refractivity contribution >= 4 is 22.5 Å². The van der Waals surface area contributed by atoms with Crippen LogP contribution in [0.5, 0.6) is 0 Å². The van der Waals surface area contributed by atoms with E-state index in [0.29, 0.717) is 29.3 Å². The molecule has 0 bridgehead atoms. The van der Waals surface area contributed by atoms with Gasteiger partial charge < -0.3 is 9.73 Å². The third-order valence-corrected chi connectivity index (χ3v) is 3.10. The van der Waals surface area contributed by atoms with Gasteiger partial charge in [-0.15, -0.1) is 0 Å². The van der Waals surface area contributed by atoms with Gasteiger partial charge in [0, 0.05) is 18.2 Å². The predicted octanol–water partition coefficient (Wildman–Crippen LogP) is 3.83. The van der Waals surface area contributed by atoms with Crippen LogP contribution in [-0.4, -0.2) is 16.5 Å². The molecule has 6 nitrogen and oxygen atoms in total. The molecule has 1 heterocycles. The molecule has 0 aliphatic carbocycles. The van der Waals surface area contributed by atoms with Gasteiger partial charge in [0.15, 0.2) is 5.58 Å². The van der Waals surface area contributed by atoms with E-state index in [9.17, 15) is 10.1 Å². The monoisotopic (exact) mass is 283 g/mol. The second-order valence-corrected chi connectivity index (χ2v) is 4.51. The zero-order chi connectivity index (χ0) is 14.8. The molecule has 0 spiro atoms. The molecule has 1 aromatic heterocycles. The maximum atomic E-state index is 11.2. The summed E-state index contributed by atoms with van der Waals surface area (Å²) in [5.74, 6) is 0.377. The number of oxazole rings is 1. The quantitative estimate of drug-likeness (QED) is 0.581. The first-order valence-corrected chi connectivity index (χ1v) is 6.57. The number of nitrogens with one attached hydrogen (secondary N) is 1. The summed E-state index contributed by atoms with van der Waals surface area (Å²) in [6.07, 6.45) is 0. The average molecular weight is 283 g/mol. The number of anilines is 1. The summed E-state index contributed by atoms with van der Waals surface area (Å²) >= 11 is 0. The highest BCUT2D eigenvalue weighted by atomic mass is 16.6. The Kier molecular flexibility index (Phi) is 3.27. The van der Waals surface area contributed by atoms with Crippen LogP contribution in [0.1, 0.15) is 6.92 Å². The van der Waals surface area contributed by atoms with Crippen LogP contribution < -0.4 is 5.32 Å². The van der Waals surface area contributed by atoms with Gasteiger partial charge in [-0.05, 0) is 31.2 Å². The van der Waals surface area contributed by atoms with Gasteiger partial charge in [0.05, 0.1) is 4.92 Å². The van der Waals surface area contributed by atoms with Crippen LogP contribution in [0.2, 0.25) is 0 Å². The van der Waals surface area contributed by atoms with Gasteiger partial charge in [-0.25, -0.2) is 4.98 Å². The van der Waals surface area contributed by atoms with Crippen LogP contribution in [0.25, 0.3) is 22.6 Å². The second kappa shape index (κ2) is 5.24. The zero-order valence-corrected chi connectivity index (χ0v) is 11.4. The second-order valence-electron chi connectivity index (χ2n) is 4.51. The number of hydrogen-bond acceptors (Lipinski definition) is 5. The minimum absolute atomic E-state index is 0.0107. The van der Waals surface area contributed by atoms with Crippen molar-refractivity contribution in [3.05, 3.63) is 52.6 Å². The standard InChI is InChI=1S/C15H13N3O3/c1-2-16-11-8-7-10(9-13(11)18(19)20)15-17-12-5-3-4-6-14(12)21-15/h3-9,16H,2H2,1H3. The van der Waals surface area contributed by atoms with Crippen molar-refractivity contribution in [3.63, 3.8) is 0 Å². The summed E-state index contributed by atoms with van der Waals surface area (Å²) in [6.45, 7) is 2.50. The van der Waals surface area contributed by atoms with Crippen LogP contribution >= 0.6 is 0 Å². The molecule has 21 heavy (non-hydrogen) atoms. The smallest absolute Gasteiger partial charge is 0.293 e. The number of benzene rings is 2. The number of fused-ring (bicyclic) bond motifs is 1. The summed E-state index contributed by atoms with van der Waals surface area (Å²) < 4.78 is 5.63. The number of nitro benzene ring substituents is 1. The molecule has 6 heteroatoms. The molecule has 0 radical (unpaired) electrons. The van der Waals surface area contributed by atoms with Gasteiger partial charge in [-0.2, -0.15) is 0 Å². The SMILES string of the molecule is CCNc1ccc(-c2nc3ccccc3o2)cc1[N+](=O)[O-]. The van der Waals surface area contributed by atoms with Crippen molar-refractivity contribution in [2.24, 2.45) is 0 Å². The first-order valence-electron chi connectivity index (χ1n) is 6.57. The van der Waals surface area contributed by atoms with Crippen LogP contribution in [0.15, 0.2) is 46.9 Å². The molecule has 106 valence electrons. The van der Waals surface area contributed by atoms with Gasteiger partial charge in [-0.1, -0.05) is 12.1 Å². The Bertz CT molecular complexity index is 778. The first-order chi connectivity index (χ1) is 10.2. The molecule has 0 saturated carbocycles. The molecule has 0 aliphatic rings. The number of rotatable bonds is 4. The van der Waals surface area contributed by atoms with E-state index in [2.05, 4.69) is 10.3 Å². The Morgan fingerprint density at radius 3 is 2.81 bits per heavy atom. The minimum Gasteiger partial charge on any atom is -0.436 e. The largest absolute Gasteiger partial charge is 0.436 e. The van der Waals surface area contributed by atoms with Crippen LogP contribution in [0, 0.1) is 10.1 Å². The van der Waals surface area contributed by atoms with Crippen molar-refractivity contribution in [1.82, 2.24) is 4.98 Å². The Hall–Kier alpha value is -2.89. The molecule has 0 amide bonds. The Labute approximate surface area is 120 Å². The number of aromatic nitrogens is 1. The van der Waals surface area contributed by atoms with E-state index in [1.165, 1.54) is 6.07 Å². The summed E-state index contributed by atoms with van der Waals surface area (Å²) in [5, 5.41) is 14.1. The molecule has 0 atom stereocenters. The normalized spacial score (nSPS) is 10.7. The lowest BCUT2D eigenvalue weighted by Crippen LogP contribution is -2.01. The minimum atomic E-state index is -0.413. The Balaban J connectivity index is 2.09. The lowest BCUT2D eigenvalue weighted by molar-refractivity contribution is -0.383. The van der Waals surface area contributed by atoms with E-state index in [4.69, 9.17) is 4.42 Å².